The first-order chi connectivity index (χ1) is 8.55. The lowest BCUT2D eigenvalue weighted by Crippen LogP contribution is -2.42. The van der Waals surface area contributed by atoms with Gasteiger partial charge >= 0.3 is 0 Å². The second-order valence-electron chi connectivity index (χ2n) is 4.97. The minimum atomic E-state index is -0.730. The summed E-state index contributed by atoms with van der Waals surface area (Å²) in [4.78, 5) is 0. The molecule has 1 aromatic rings. The molecule has 0 saturated heterocycles. The van der Waals surface area contributed by atoms with Crippen LogP contribution in [0.5, 0.6) is 0 Å². The molecule has 1 N–H and O–H groups in total. The summed E-state index contributed by atoms with van der Waals surface area (Å²) in [5, 5.41) is 10.3. The van der Waals surface area contributed by atoms with E-state index in [-0.39, 0.29) is 6.42 Å². The van der Waals surface area contributed by atoms with Gasteiger partial charge in [-0.1, -0.05) is 12.8 Å². The Morgan fingerprint density at radius 2 is 1.78 bits per heavy atom. The van der Waals surface area contributed by atoms with E-state index < -0.39 is 23.3 Å². The van der Waals surface area contributed by atoms with Crippen LogP contribution < -0.4 is 0 Å². The molecular formula is C14H18F2O2. The van der Waals surface area contributed by atoms with Crippen molar-refractivity contribution in [3.63, 3.8) is 0 Å². The van der Waals surface area contributed by atoms with Crippen LogP contribution in [0.2, 0.25) is 0 Å². The van der Waals surface area contributed by atoms with E-state index in [1.165, 1.54) is 12.1 Å². The second-order valence-corrected chi connectivity index (χ2v) is 4.97. The third-order valence-corrected chi connectivity index (χ3v) is 3.82. The SMILES string of the molecule is COC1(C(O)Cc2cc(F)cc(F)c2)CCCC1. The van der Waals surface area contributed by atoms with Crippen molar-refractivity contribution in [2.45, 2.75) is 43.8 Å². The standard InChI is InChI=1S/C14H18F2O2/c1-18-14(4-2-3-5-14)13(17)8-10-6-11(15)9-12(16)7-10/h6-7,9,13,17H,2-5,8H2,1H3. The lowest BCUT2D eigenvalue weighted by Gasteiger charge is -2.33. The van der Waals surface area contributed by atoms with Gasteiger partial charge in [-0.25, -0.2) is 8.78 Å². The lowest BCUT2D eigenvalue weighted by atomic mass is 9.90. The highest BCUT2D eigenvalue weighted by Crippen LogP contribution is 2.36. The molecule has 1 saturated carbocycles. The summed E-state index contributed by atoms with van der Waals surface area (Å²) in [5.41, 5.74) is -0.0914. The predicted octanol–water partition coefficient (Wildman–Crippen LogP) is 2.83. The molecule has 0 aliphatic heterocycles. The molecule has 1 aliphatic rings. The maximum absolute atomic E-state index is 13.1. The fourth-order valence-electron chi connectivity index (χ4n) is 2.78. The normalized spacial score (nSPS) is 20.0. The zero-order valence-corrected chi connectivity index (χ0v) is 10.5. The molecule has 1 aliphatic carbocycles. The minimum Gasteiger partial charge on any atom is -0.390 e. The Labute approximate surface area is 106 Å². The number of rotatable bonds is 4. The van der Waals surface area contributed by atoms with Crippen molar-refractivity contribution in [2.24, 2.45) is 0 Å². The van der Waals surface area contributed by atoms with Crippen LogP contribution in [0.25, 0.3) is 0 Å². The highest BCUT2D eigenvalue weighted by Gasteiger charge is 2.40. The number of hydrogen-bond donors (Lipinski definition) is 1. The molecule has 2 nitrogen and oxygen atoms in total. The van der Waals surface area contributed by atoms with Crippen molar-refractivity contribution in [3.05, 3.63) is 35.4 Å². The zero-order valence-electron chi connectivity index (χ0n) is 10.5. The summed E-state index contributed by atoms with van der Waals surface area (Å²) in [6.07, 6.45) is 3.10. The van der Waals surface area contributed by atoms with Gasteiger partial charge in [0.05, 0.1) is 11.7 Å². The molecule has 18 heavy (non-hydrogen) atoms. The van der Waals surface area contributed by atoms with Crippen LogP contribution in [0.3, 0.4) is 0 Å². The van der Waals surface area contributed by atoms with Gasteiger partial charge in [-0.15, -0.1) is 0 Å². The van der Waals surface area contributed by atoms with Gasteiger partial charge in [0, 0.05) is 19.6 Å². The Morgan fingerprint density at radius 3 is 2.28 bits per heavy atom. The number of benzene rings is 1. The van der Waals surface area contributed by atoms with E-state index in [0.29, 0.717) is 5.56 Å². The molecular weight excluding hydrogens is 238 g/mol. The van der Waals surface area contributed by atoms with Gasteiger partial charge in [0.1, 0.15) is 11.6 Å². The molecule has 1 unspecified atom stereocenters. The largest absolute Gasteiger partial charge is 0.390 e. The quantitative estimate of drug-likeness (QED) is 0.897. The minimum absolute atomic E-state index is 0.211. The van der Waals surface area contributed by atoms with E-state index in [2.05, 4.69) is 0 Å². The van der Waals surface area contributed by atoms with E-state index >= 15 is 0 Å². The second kappa shape index (κ2) is 5.33. The van der Waals surface area contributed by atoms with E-state index in [4.69, 9.17) is 4.74 Å². The number of hydrogen-bond acceptors (Lipinski definition) is 2. The summed E-state index contributed by atoms with van der Waals surface area (Å²) in [6, 6.07) is 3.34. The molecule has 2 rings (SSSR count). The lowest BCUT2D eigenvalue weighted by molar-refractivity contribution is -0.0971. The molecule has 0 aromatic heterocycles. The van der Waals surface area contributed by atoms with Crippen LogP contribution in [0.1, 0.15) is 31.2 Å². The summed E-state index contributed by atoms with van der Waals surface area (Å²) in [6.45, 7) is 0. The van der Waals surface area contributed by atoms with Gasteiger partial charge in [-0.2, -0.15) is 0 Å². The van der Waals surface area contributed by atoms with Crippen LogP contribution in [0.4, 0.5) is 8.78 Å². The first-order valence-corrected chi connectivity index (χ1v) is 6.24. The molecule has 0 heterocycles. The molecule has 0 bridgehead atoms. The molecule has 1 atom stereocenters. The van der Waals surface area contributed by atoms with Crippen LogP contribution in [0.15, 0.2) is 18.2 Å². The summed E-state index contributed by atoms with van der Waals surface area (Å²) in [5.74, 6) is -1.23. The number of halogens is 2. The third kappa shape index (κ3) is 2.70. The predicted molar refractivity (Wildman–Crippen MR) is 64.3 cm³/mol. The van der Waals surface area contributed by atoms with Crippen molar-refractivity contribution in [2.75, 3.05) is 7.11 Å². The van der Waals surface area contributed by atoms with Crippen molar-refractivity contribution in [1.29, 1.82) is 0 Å². The highest BCUT2D eigenvalue weighted by atomic mass is 19.1. The Hall–Kier alpha value is -1.00. The van der Waals surface area contributed by atoms with Gasteiger partial charge < -0.3 is 9.84 Å². The molecule has 0 spiro atoms. The fraction of sp³-hybridized carbons (Fsp3) is 0.571. The summed E-state index contributed by atoms with van der Waals surface area (Å²) >= 11 is 0. The topological polar surface area (TPSA) is 29.5 Å². The molecule has 100 valence electrons. The van der Waals surface area contributed by atoms with Gasteiger partial charge in [-0.3, -0.25) is 0 Å². The Kier molecular flexibility index (Phi) is 3.97. The van der Waals surface area contributed by atoms with Crippen LogP contribution >= 0.6 is 0 Å². The van der Waals surface area contributed by atoms with Gasteiger partial charge in [0.15, 0.2) is 0 Å². The maximum Gasteiger partial charge on any atom is 0.126 e. The van der Waals surface area contributed by atoms with Crippen LogP contribution in [-0.2, 0) is 11.2 Å². The van der Waals surface area contributed by atoms with E-state index in [0.717, 1.165) is 31.7 Å². The maximum atomic E-state index is 13.1. The van der Waals surface area contributed by atoms with Crippen LogP contribution in [-0.4, -0.2) is 23.9 Å². The molecule has 4 heteroatoms. The Morgan fingerprint density at radius 1 is 1.22 bits per heavy atom. The average Bonchev–Trinajstić information content (AvgIpc) is 2.77. The van der Waals surface area contributed by atoms with Crippen LogP contribution in [0, 0.1) is 11.6 Å². The molecule has 1 fully saturated rings. The van der Waals surface area contributed by atoms with Crippen molar-refractivity contribution < 1.29 is 18.6 Å². The molecule has 0 radical (unpaired) electrons. The fourth-order valence-corrected chi connectivity index (χ4v) is 2.78. The first kappa shape index (κ1) is 13.4. The van der Waals surface area contributed by atoms with Gasteiger partial charge in [0.2, 0.25) is 0 Å². The van der Waals surface area contributed by atoms with Gasteiger partial charge in [-0.05, 0) is 30.5 Å². The van der Waals surface area contributed by atoms with Gasteiger partial charge in [0.25, 0.3) is 0 Å². The molecule has 0 amide bonds. The van der Waals surface area contributed by atoms with Crippen molar-refractivity contribution >= 4 is 0 Å². The molecule has 1 aromatic carbocycles. The number of aliphatic hydroxyl groups is 1. The Bertz CT molecular complexity index is 394. The zero-order chi connectivity index (χ0) is 13.2. The Balaban J connectivity index is 2.12. The number of methoxy groups -OCH3 is 1. The average molecular weight is 256 g/mol. The van der Waals surface area contributed by atoms with E-state index in [1.807, 2.05) is 0 Å². The first-order valence-electron chi connectivity index (χ1n) is 6.24. The van der Waals surface area contributed by atoms with Crippen molar-refractivity contribution in [3.8, 4) is 0 Å². The summed E-state index contributed by atoms with van der Waals surface area (Å²) < 4.78 is 31.6. The van der Waals surface area contributed by atoms with E-state index in [1.54, 1.807) is 7.11 Å². The number of ether oxygens (including phenoxy) is 1. The monoisotopic (exact) mass is 256 g/mol. The number of aliphatic hydroxyl groups excluding tert-OH is 1. The highest BCUT2D eigenvalue weighted by molar-refractivity contribution is 5.19. The van der Waals surface area contributed by atoms with E-state index in [9.17, 15) is 13.9 Å². The summed E-state index contributed by atoms with van der Waals surface area (Å²) in [7, 11) is 1.58. The third-order valence-electron chi connectivity index (χ3n) is 3.82. The van der Waals surface area contributed by atoms with Crippen molar-refractivity contribution in [1.82, 2.24) is 0 Å². The smallest absolute Gasteiger partial charge is 0.126 e.